The van der Waals surface area contributed by atoms with Crippen LogP contribution in [0.2, 0.25) is 0 Å². The second kappa shape index (κ2) is 16.6. The predicted octanol–water partition coefficient (Wildman–Crippen LogP) is -0.554. The van der Waals surface area contributed by atoms with Crippen molar-refractivity contribution in [3.8, 4) is 0 Å². The molecule has 2 rings (SSSR count). The number of hydrogen-bond acceptors (Lipinski definition) is 9. The van der Waals surface area contributed by atoms with Crippen LogP contribution in [-0.2, 0) is 14.3 Å². The van der Waals surface area contributed by atoms with E-state index >= 15 is 0 Å². The number of rotatable bonds is 11. The Hall–Kier alpha value is -2.05. The fourth-order valence-corrected chi connectivity index (χ4v) is 3.38. The van der Waals surface area contributed by atoms with Gasteiger partial charge in [-0.05, 0) is 26.8 Å². The third-order valence-corrected chi connectivity index (χ3v) is 5.93. The molecule has 0 aromatic heterocycles. The lowest BCUT2D eigenvalue weighted by atomic mass is 10.1. The van der Waals surface area contributed by atoms with Crippen LogP contribution in [0.4, 0.5) is 0 Å². The van der Waals surface area contributed by atoms with Crippen LogP contribution in [0.15, 0.2) is 22.6 Å². The normalized spacial score (nSPS) is 19.1. The molecule has 2 aliphatic heterocycles. The van der Waals surface area contributed by atoms with Gasteiger partial charge < -0.3 is 37.1 Å². The molecule has 34 heavy (non-hydrogen) atoms. The van der Waals surface area contributed by atoms with Crippen molar-refractivity contribution in [1.29, 1.82) is 0 Å². The van der Waals surface area contributed by atoms with Crippen LogP contribution >= 0.6 is 11.6 Å². The van der Waals surface area contributed by atoms with Crippen molar-refractivity contribution in [1.82, 2.24) is 25.6 Å². The van der Waals surface area contributed by atoms with Gasteiger partial charge in [0.15, 0.2) is 0 Å². The van der Waals surface area contributed by atoms with Gasteiger partial charge in [0, 0.05) is 45.7 Å². The molecular formula is C22H43ClN8O3. The fourth-order valence-electron chi connectivity index (χ4n) is 3.28. The van der Waals surface area contributed by atoms with Gasteiger partial charge in [0.1, 0.15) is 17.0 Å². The minimum Gasteiger partial charge on any atom is -0.386 e. The van der Waals surface area contributed by atoms with Crippen LogP contribution < -0.4 is 27.9 Å². The summed E-state index contributed by atoms with van der Waals surface area (Å²) in [6.45, 7) is 13.2. The zero-order valence-corrected chi connectivity index (χ0v) is 21.6. The third-order valence-electron chi connectivity index (χ3n) is 5.74. The quantitative estimate of drug-likeness (QED) is 0.185. The van der Waals surface area contributed by atoms with E-state index in [1.165, 1.54) is 5.57 Å². The molecule has 2 amide bonds. The SMILES string of the molecule is C/C=C(\C)CCC(=O)N1CCOCC1.CCN(CCN)CCNC(=O)C1CN(/C(N)=C(\N)Cl)N1. The van der Waals surface area contributed by atoms with Crippen LogP contribution in [0, 0.1) is 0 Å². The van der Waals surface area contributed by atoms with Crippen LogP contribution in [0.1, 0.15) is 33.6 Å². The molecule has 0 aromatic carbocycles. The standard InChI is InChI=1S/C11H24ClN7O.C11H19NO2/c1-2-18(5-3-13)6-4-16-11(20)8-7-19(17-8)10(15)9(12)14;1-3-10(2)4-5-11(13)12-6-8-14-9-7-12/h8,17H,2-7,13-15H2,1H3,(H,16,20);3H,4-9H2,1-2H3/b10-9-;10-3+. The number of carbonyl (C=O) groups excluding carboxylic acids is 2. The lowest BCUT2D eigenvalue weighted by Crippen LogP contribution is -2.67. The molecule has 0 bridgehead atoms. The maximum absolute atomic E-state index is 11.8. The summed E-state index contributed by atoms with van der Waals surface area (Å²) in [7, 11) is 0. The van der Waals surface area contributed by atoms with E-state index in [2.05, 4.69) is 35.6 Å². The Kier molecular flexibility index (Phi) is 14.6. The van der Waals surface area contributed by atoms with Gasteiger partial charge in [-0.2, -0.15) is 0 Å². The van der Waals surface area contributed by atoms with E-state index in [0.717, 1.165) is 39.1 Å². The summed E-state index contributed by atoms with van der Waals surface area (Å²) < 4.78 is 5.19. The average Bonchev–Trinajstić information content (AvgIpc) is 2.81. The Labute approximate surface area is 208 Å². The molecule has 8 N–H and O–H groups in total. The van der Waals surface area contributed by atoms with Crippen molar-refractivity contribution in [3.05, 3.63) is 22.6 Å². The summed E-state index contributed by atoms with van der Waals surface area (Å²) in [5.74, 6) is 0.427. The molecule has 0 saturated carbocycles. The Morgan fingerprint density at radius 2 is 1.88 bits per heavy atom. The molecule has 196 valence electrons. The largest absolute Gasteiger partial charge is 0.386 e. The Morgan fingerprint density at radius 1 is 1.24 bits per heavy atom. The minimum atomic E-state index is -0.297. The number of nitrogens with two attached hydrogens (primary N) is 3. The number of halogens is 1. The molecule has 1 atom stereocenters. The number of allylic oxidation sites excluding steroid dienone is 2. The number of nitrogens with one attached hydrogen (secondary N) is 2. The van der Waals surface area contributed by atoms with Crippen molar-refractivity contribution in [2.45, 2.75) is 39.7 Å². The first-order valence-corrected chi connectivity index (χ1v) is 12.2. The minimum absolute atomic E-state index is 0.0109. The van der Waals surface area contributed by atoms with Crippen molar-refractivity contribution >= 4 is 23.4 Å². The first-order valence-electron chi connectivity index (χ1n) is 11.8. The number of hydrazine groups is 1. The molecule has 0 aliphatic carbocycles. The lowest BCUT2D eigenvalue weighted by Gasteiger charge is -2.40. The smallest absolute Gasteiger partial charge is 0.240 e. The first-order chi connectivity index (χ1) is 16.2. The highest BCUT2D eigenvalue weighted by Gasteiger charge is 2.33. The van der Waals surface area contributed by atoms with Gasteiger partial charge in [0.05, 0.1) is 19.8 Å². The van der Waals surface area contributed by atoms with Crippen molar-refractivity contribution in [3.63, 3.8) is 0 Å². The summed E-state index contributed by atoms with van der Waals surface area (Å²) in [5.41, 5.74) is 20.6. The highest BCUT2D eigenvalue weighted by Crippen LogP contribution is 2.11. The Balaban J connectivity index is 0.000000362. The Morgan fingerprint density at radius 3 is 2.41 bits per heavy atom. The fraction of sp³-hybridized carbons (Fsp3) is 0.727. The molecule has 11 nitrogen and oxygen atoms in total. The molecule has 2 aliphatic rings. The number of likely N-dealkylation sites (N-methyl/N-ethyl adjacent to an activating group) is 1. The van der Waals surface area contributed by atoms with Crippen LogP contribution in [0.3, 0.4) is 0 Å². The number of nitrogens with zero attached hydrogens (tertiary/aromatic N) is 3. The maximum Gasteiger partial charge on any atom is 0.240 e. The summed E-state index contributed by atoms with van der Waals surface area (Å²) in [6, 6.07) is -0.297. The Bertz CT molecular complexity index is 688. The molecule has 2 saturated heterocycles. The van der Waals surface area contributed by atoms with E-state index in [0.29, 0.717) is 39.3 Å². The van der Waals surface area contributed by atoms with E-state index in [1.807, 2.05) is 11.8 Å². The molecule has 0 aromatic rings. The topological polar surface area (TPSA) is 155 Å². The highest BCUT2D eigenvalue weighted by molar-refractivity contribution is 6.29. The molecule has 1 unspecified atom stereocenters. The van der Waals surface area contributed by atoms with Crippen molar-refractivity contribution in [2.75, 3.05) is 65.6 Å². The van der Waals surface area contributed by atoms with Gasteiger partial charge >= 0.3 is 0 Å². The van der Waals surface area contributed by atoms with Gasteiger partial charge in [-0.3, -0.25) is 14.6 Å². The second-order valence-electron chi connectivity index (χ2n) is 8.17. The second-order valence-corrected chi connectivity index (χ2v) is 8.57. The van der Waals surface area contributed by atoms with Crippen LogP contribution in [-0.4, -0.2) is 98.2 Å². The number of carbonyl (C=O) groups is 2. The molecule has 0 spiro atoms. The van der Waals surface area contributed by atoms with E-state index in [-0.39, 0.29) is 28.8 Å². The van der Waals surface area contributed by atoms with Gasteiger partial charge in [-0.1, -0.05) is 30.2 Å². The van der Waals surface area contributed by atoms with Gasteiger partial charge in [0.25, 0.3) is 0 Å². The van der Waals surface area contributed by atoms with E-state index in [1.54, 1.807) is 5.01 Å². The maximum atomic E-state index is 11.8. The van der Waals surface area contributed by atoms with Crippen LogP contribution in [0.25, 0.3) is 0 Å². The molecule has 2 heterocycles. The number of hydrogen-bond donors (Lipinski definition) is 5. The molecule has 0 radical (unpaired) electrons. The van der Waals surface area contributed by atoms with Gasteiger partial charge in [-0.25, -0.2) is 5.43 Å². The van der Waals surface area contributed by atoms with E-state index < -0.39 is 0 Å². The zero-order valence-electron chi connectivity index (χ0n) is 20.8. The monoisotopic (exact) mass is 502 g/mol. The predicted molar refractivity (Wildman–Crippen MR) is 135 cm³/mol. The summed E-state index contributed by atoms with van der Waals surface area (Å²) >= 11 is 5.56. The van der Waals surface area contributed by atoms with Crippen molar-refractivity contribution in [2.24, 2.45) is 17.2 Å². The average molecular weight is 503 g/mol. The van der Waals surface area contributed by atoms with E-state index in [4.69, 9.17) is 33.5 Å². The third kappa shape index (κ3) is 10.9. The van der Waals surface area contributed by atoms with Gasteiger partial charge in [-0.15, -0.1) is 0 Å². The molecule has 12 heteroatoms. The van der Waals surface area contributed by atoms with Crippen LogP contribution in [0.5, 0.6) is 0 Å². The zero-order chi connectivity index (χ0) is 25.5. The summed E-state index contributed by atoms with van der Waals surface area (Å²) in [5, 5.41) is 4.42. The summed E-state index contributed by atoms with van der Waals surface area (Å²) in [4.78, 5) is 27.6. The number of amides is 2. The first kappa shape index (κ1) is 30.0. The lowest BCUT2D eigenvalue weighted by molar-refractivity contribution is -0.135. The van der Waals surface area contributed by atoms with E-state index in [9.17, 15) is 9.59 Å². The van der Waals surface area contributed by atoms with Crippen molar-refractivity contribution < 1.29 is 14.3 Å². The number of morpholine rings is 1. The summed E-state index contributed by atoms with van der Waals surface area (Å²) in [6.07, 6.45) is 3.58. The molecule has 2 fully saturated rings. The highest BCUT2D eigenvalue weighted by atomic mass is 35.5. The molecular weight excluding hydrogens is 460 g/mol. The van der Waals surface area contributed by atoms with Gasteiger partial charge in [0.2, 0.25) is 11.8 Å². The number of ether oxygens (including phenoxy) is 1.